The van der Waals surface area contributed by atoms with Crippen molar-refractivity contribution < 1.29 is 14.6 Å². The lowest BCUT2D eigenvalue weighted by Gasteiger charge is -2.06. The molecule has 142 valence electrons. The average Bonchev–Trinajstić information content (AvgIpc) is 2.69. The number of carbonyl (C=O) groups is 1. The van der Waals surface area contributed by atoms with Crippen LogP contribution in [0.2, 0.25) is 5.02 Å². The molecule has 28 heavy (non-hydrogen) atoms. The first-order valence-electron chi connectivity index (χ1n) is 8.41. The largest absolute Gasteiger partial charge is 0.506 e. The van der Waals surface area contributed by atoms with E-state index in [4.69, 9.17) is 16.3 Å². The normalized spacial score (nSPS) is 10.8. The maximum atomic E-state index is 12.1. The van der Waals surface area contributed by atoms with Crippen molar-refractivity contribution in [2.45, 2.75) is 6.92 Å². The molecule has 3 aromatic rings. The van der Waals surface area contributed by atoms with E-state index in [1.807, 2.05) is 43.3 Å². The molecule has 7 heteroatoms. The first-order chi connectivity index (χ1) is 13.5. The number of halogens is 1. The van der Waals surface area contributed by atoms with E-state index >= 15 is 0 Å². The Kier molecular flexibility index (Phi) is 5.91. The van der Waals surface area contributed by atoms with Crippen molar-refractivity contribution in [1.82, 2.24) is 10.4 Å². The van der Waals surface area contributed by atoms with Gasteiger partial charge in [-0.05, 0) is 67.1 Å². The van der Waals surface area contributed by atoms with Gasteiger partial charge in [0.15, 0.2) is 0 Å². The quantitative estimate of drug-likeness (QED) is 0.501. The first kappa shape index (κ1) is 19.4. The molecule has 0 spiro atoms. The summed E-state index contributed by atoms with van der Waals surface area (Å²) in [6.45, 7) is 1.89. The van der Waals surface area contributed by atoms with Gasteiger partial charge in [0.05, 0.1) is 24.0 Å². The van der Waals surface area contributed by atoms with Crippen LogP contribution in [0.5, 0.6) is 11.5 Å². The fourth-order valence-corrected chi connectivity index (χ4v) is 2.74. The van der Waals surface area contributed by atoms with Crippen LogP contribution >= 0.6 is 11.6 Å². The number of hydrogen-bond donors (Lipinski definition) is 2. The smallest absolute Gasteiger partial charge is 0.271 e. The van der Waals surface area contributed by atoms with E-state index in [0.29, 0.717) is 5.56 Å². The third-order valence-corrected chi connectivity index (χ3v) is 4.25. The van der Waals surface area contributed by atoms with Crippen molar-refractivity contribution in [3.63, 3.8) is 0 Å². The summed E-state index contributed by atoms with van der Waals surface area (Å²) in [5, 5.41) is 13.5. The number of aryl methyl sites for hydroxylation is 1. The molecule has 0 unspecified atom stereocenters. The van der Waals surface area contributed by atoms with Crippen LogP contribution in [0.4, 0.5) is 0 Å². The average molecular weight is 396 g/mol. The summed E-state index contributed by atoms with van der Waals surface area (Å²) < 4.78 is 5.17. The molecule has 0 saturated heterocycles. The van der Waals surface area contributed by atoms with E-state index in [1.54, 1.807) is 13.3 Å². The van der Waals surface area contributed by atoms with Gasteiger partial charge in [0, 0.05) is 16.8 Å². The minimum Gasteiger partial charge on any atom is -0.506 e. The molecule has 0 radical (unpaired) electrons. The molecule has 2 aromatic carbocycles. The van der Waals surface area contributed by atoms with Crippen LogP contribution in [0.3, 0.4) is 0 Å². The Morgan fingerprint density at radius 1 is 1.18 bits per heavy atom. The number of hydrogen-bond acceptors (Lipinski definition) is 5. The summed E-state index contributed by atoms with van der Waals surface area (Å²) in [4.78, 5) is 16.7. The highest BCUT2D eigenvalue weighted by atomic mass is 35.5. The highest BCUT2D eigenvalue weighted by molar-refractivity contribution is 6.32. The Labute approximate surface area is 167 Å². The van der Waals surface area contributed by atoms with Gasteiger partial charge in [-0.25, -0.2) is 5.43 Å². The Balaban J connectivity index is 1.75. The van der Waals surface area contributed by atoms with E-state index in [2.05, 4.69) is 15.5 Å². The lowest BCUT2D eigenvalue weighted by atomic mass is 10.1. The van der Waals surface area contributed by atoms with Gasteiger partial charge >= 0.3 is 0 Å². The maximum Gasteiger partial charge on any atom is 0.271 e. The fourth-order valence-electron chi connectivity index (χ4n) is 2.56. The van der Waals surface area contributed by atoms with Crippen LogP contribution in [0.25, 0.3) is 11.3 Å². The number of amides is 1. The molecule has 2 N–H and O–H groups in total. The first-order valence-corrected chi connectivity index (χ1v) is 8.79. The Hall–Kier alpha value is -3.38. The molecule has 0 aliphatic rings. The number of aromatic hydroxyl groups is 1. The van der Waals surface area contributed by atoms with Crippen molar-refractivity contribution in [3.8, 4) is 22.8 Å². The van der Waals surface area contributed by atoms with E-state index in [-0.39, 0.29) is 10.8 Å². The molecular weight excluding hydrogens is 378 g/mol. The zero-order chi connectivity index (χ0) is 20.1. The molecule has 1 aromatic heterocycles. The Bertz CT molecular complexity index is 1030. The lowest BCUT2D eigenvalue weighted by molar-refractivity contribution is 0.0955. The molecule has 0 atom stereocenters. The molecule has 1 amide bonds. The highest BCUT2D eigenvalue weighted by Crippen LogP contribution is 2.24. The molecule has 6 nitrogen and oxygen atoms in total. The molecule has 0 saturated carbocycles. The molecule has 0 bridgehead atoms. The summed E-state index contributed by atoms with van der Waals surface area (Å²) in [5.41, 5.74) is 6.10. The van der Waals surface area contributed by atoms with Gasteiger partial charge in [-0.2, -0.15) is 5.10 Å². The van der Waals surface area contributed by atoms with Crippen molar-refractivity contribution in [1.29, 1.82) is 0 Å². The van der Waals surface area contributed by atoms with Crippen LogP contribution in [-0.4, -0.2) is 29.3 Å². The Morgan fingerprint density at radius 2 is 1.93 bits per heavy atom. The van der Waals surface area contributed by atoms with Crippen LogP contribution in [0.1, 0.15) is 21.6 Å². The van der Waals surface area contributed by atoms with Gasteiger partial charge in [0.25, 0.3) is 5.91 Å². The number of benzene rings is 2. The zero-order valence-electron chi connectivity index (χ0n) is 15.3. The summed E-state index contributed by atoms with van der Waals surface area (Å²) in [6, 6.07) is 15.5. The summed E-state index contributed by atoms with van der Waals surface area (Å²) >= 11 is 5.82. The molecular formula is C21H18ClN3O3. The third-order valence-electron chi connectivity index (χ3n) is 3.95. The van der Waals surface area contributed by atoms with Crippen LogP contribution in [-0.2, 0) is 0 Å². The van der Waals surface area contributed by atoms with E-state index in [9.17, 15) is 9.90 Å². The molecule has 0 aliphatic heterocycles. The lowest BCUT2D eigenvalue weighted by Crippen LogP contribution is -2.17. The van der Waals surface area contributed by atoms with Gasteiger partial charge in [0.2, 0.25) is 0 Å². The van der Waals surface area contributed by atoms with Gasteiger partial charge in [0.1, 0.15) is 11.5 Å². The minimum absolute atomic E-state index is 0.0833. The summed E-state index contributed by atoms with van der Waals surface area (Å²) in [5.74, 6) is 0.259. The number of phenolic OH excluding ortho intramolecular Hbond substituents is 1. The predicted molar refractivity (Wildman–Crippen MR) is 109 cm³/mol. The van der Waals surface area contributed by atoms with Crippen LogP contribution in [0.15, 0.2) is 59.7 Å². The monoisotopic (exact) mass is 395 g/mol. The minimum atomic E-state index is -0.431. The van der Waals surface area contributed by atoms with E-state index < -0.39 is 5.91 Å². The number of carbonyl (C=O) groups excluding carboxylic acids is 1. The maximum absolute atomic E-state index is 12.1. The molecule has 3 rings (SSSR count). The number of ether oxygens (including phenoxy) is 1. The predicted octanol–water partition coefficient (Wildman–Crippen LogP) is 4.19. The number of nitrogens with zero attached hydrogens (tertiary/aromatic N) is 2. The topological polar surface area (TPSA) is 83.8 Å². The van der Waals surface area contributed by atoms with Crippen LogP contribution < -0.4 is 10.2 Å². The van der Waals surface area contributed by atoms with Crippen molar-refractivity contribution in [3.05, 3.63) is 76.4 Å². The van der Waals surface area contributed by atoms with Crippen molar-refractivity contribution >= 4 is 23.7 Å². The van der Waals surface area contributed by atoms with Crippen LogP contribution in [0, 0.1) is 6.92 Å². The number of aromatic nitrogens is 1. The van der Waals surface area contributed by atoms with Gasteiger partial charge < -0.3 is 9.84 Å². The number of hydrazone groups is 1. The molecule has 0 fully saturated rings. The zero-order valence-corrected chi connectivity index (χ0v) is 16.1. The molecule has 1 heterocycles. The van der Waals surface area contributed by atoms with Gasteiger partial charge in [-0.3, -0.25) is 9.78 Å². The number of phenols is 1. The summed E-state index contributed by atoms with van der Waals surface area (Å²) in [6.07, 6.45) is 1.54. The fraction of sp³-hybridized carbons (Fsp3) is 0.0952. The molecule has 0 aliphatic carbocycles. The second-order valence-corrected chi connectivity index (χ2v) is 6.43. The second-order valence-electron chi connectivity index (χ2n) is 6.02. The van der Waals surface area contributed by atoms with Gasteiger partial charge in [-0.1, -0.05) is 11.6 Å². The number of nitrogens with one attached hydrogen (secondary N) is 1. The standard InChI is InChI=1S/C21H18ClN3O3/c1-13-9-14(10-19(24-13)15-3-6-17(28-2)7-4-15)12-23-25-21(27)16-5-8-20(26)18(22)11-16/h3-12,26H,1-2H3,(H,25,27). The highest BCUT2D eigenvalue weighted by Gasteiger charge is 2.07. The number of pyridine rings is 1. The third kappa shape index (κ3) is 4.66. The Morgan fingerprint density at radius 3 is 2.61 bits per heavy atom. The SMILES string of the molecule is COc1ccc(-c2cc(C=NNC(=O)c3ccc(O)c(Cl)c3)cc(C)n2)cc1. The second kappa shape index (κ2) is 8.54. The number of rotatable bonds is 5. The number of methoxy groups -OCH3 is 1. The van der Waals surface area contributed by atoms with Gasteiger partial charge in [-0.15, -0.1) is 0 Å². The van der Waals surface area contributed by atoms with Crippen molar-refractivity contribution in [2.75, 3.05) is 7.11 Å². The van der Waals surface area contributed by atoms with E-state index in [1.165, 1.54) is 18.2 Å². The summed E-state index contributed by atoms with van der Waals surface area (Å²) in [7, 11) is 1.62. The van der Waals surface area contributed by atoms with Crippen molar-refractivity contribution in [2.24, 2.45) is 5.10 Å². The van der Waals surface area contributed by atoms with E-state index in [0.717, 1.165) is 28.3 Å².